The first-order valence-corrected chi connectivity index (χ1v) is 7.20. The fraction of sp³-hybridized carbons (Fsp3) is 0.385. The zero-order valence-electron chi connectivity index (χ0n) is 10.6. The van der Waals surface area contributed by atoms with Gasteiger partial charge < -0.3 is 14.2 Å². The van der Waals surface area contributed by atoms with Gasteiger partial charge in [-0.2, -0.15) is 0 Å². The SMILES string of the molecule is Brc1ccc(C[NH+]2CCN(c3ncccn3)CC2)o1. The van der Waals surface area contributed by atoms with E-state index in [9.17, 15) is 0 Å². The molecule has 0 atom stereocenters. The number of nitrogens with one attached hydrogen (secondary N) is 1. The molecule has 3 heterocycles. The van der Waals surface area contributed by atoms with Crippen molar-refractivity contribution in [1.29, 1.82) is 0 Å². The van der Waals surface area contributed by atoms with Crippen molar-refractivity contribution in [3.63, 3.8) is 0 Å². The van der Waals surface area contributed by atoms with Crippen LogP contribution in [0.3, 0.4) is 0 Å². The summed E-state index contributed by atoms with van der Waals surface area (Å²) in [6, 6.07) is 5.83. The van der Waals surface area contributed by atoms with Gasteiger partial charge in [0.2, 0.25) is 5.95 Å². The Bertz CT molecular complexity index is 522. The van der Waals surface area contributed by atoms with E-state index in [0.717, 1.165) is 49.1 Å². The summed E-state index contributed by atoms with van der Waals surface area (Å²) in [4.78, 5) is 12.4. The topological polar surface area (TPSA) is 46.6 Å². The molecular weight excluding hydrogens is 308 g/mol. The minimum atomic E-state index is 0.804. The lowest BCUT2D eigenvalue weighted by atomic mass is 10.3. The second-order valence-corrected chi connectivity index (χ2v) is 5.45. The number of hydrogen-bond donors (Lipinski definition) is 1. The summed E-state index contributed by atoms with van der Waals surface area (Å²) < 4.78 is 6.36. The molecule has 2 aromatic rings. The van der Waals surface area contributed by atoms with Crippen molar-refractivity contribution in [2.45, 2.75) is 6.54 Å². The molecule has 0 spiro atoms. The maximum absolute atomic E-state index is 5.56. The maximum Gasteiger partial charge on any atom is 0.225 e. The molecule has 0 bridgehead atoms. The third-order valence-corrected chi connectivity index (χ3v) is 3.78. The van der Waals surface area contributed by atoms with Crippen LogP contribution in [0.15, 0.2) is 39.7 Å². The summed E-state index contributed by atoms with van der Waals surface area (Å²) in [5.74, 6) is 1.87. The zero-order chi connectivity index (χ0) is 13.1. The molecular formula is C13H16BrN4O+. The maximum atomic E-state index is 5.56. The Morgan fingerprint density at radius 2 is 1.95 bits per heavy atom. The van der Waals surface area contributed by atoms with Crippen LogP contribution in [0.1, 0.15) is 5.76 Å². The van der Waals surface area contributed by atoms with E-state index in [1.54, 1.807) is 12.4 Å². The van der Waals surface area contributed by atoms with Crippen LogP contribution < -0.4 is 9.80 Å². The van der Waals surface area contributed by atoms with E-state index in [4.69, 9.17) is 4.42 Å². The Balaban J connectivity index is 1.55. The van der Waals surface area contributed by atoms with Crippen LogP contribution in [-0.2, 0) is 6.54 Å². The van der Waals surface area contributed by atoms with Crippen molar-refractivity contribution in [3.05, 3.63) is 41.0 Å². The lowest BCUT2D eigenvalue weighted by Gasteiger charge is -2.31. The van der Waals surface area contributed by atoms with Crippen molar-refractivity contribution in [3.8, 4) is 0 Å². The van der Waals surface area contributed by atoms with Gasteiger partial charge in [-0.15, -0.1) is 0 Å². The molecule has 1 N–H and O–H groups in total. The van der Waals surface area contributed by atoms with E-state index < -0.39 is 0 Å². The number of hydrogen-bond acceptors (Lipinski definition) is 4. The lowest BCUT2D eigenvalue weighted by Crippen LogP contribution is -3.13. The molecule has 0 aliphatic carbocycles. The minimum absolute atomic E-state index is 0.804. The Morgan fingerprint density at radius 1 is 1.21 bits per heavy atom. The fourth-order valence-electron chi connectivity index (χ4n) is 2.35. The highest BCUT2D eigenvalue weighted by Crippen LogP contribution is 2.13. The van der Waals surface area contributed by atoms with Crippen molar-refractivity contribution in [2.75, 3.05) is 31.1 Å². The molecule has 100 valence electrons. The molecule has 3 rings (SSSR count). The minimum Gasteiger partial charge on any atom is -0.448 e. The summed E-state index contributed by atoms with van der Waals surface area (Å²) in [5.41, 5.74) is 0. The molecule has 0 unspecified atom stereocenters. The number of halogens is 1. The van der Waals surface area contributed by atoms with Crippen molar-refractivity contribution >= 4 is 21.9 Å². The smallest absolute Gasteiger partial charge is 0.225 e. The predicted octanol–water partition coefficient (Wildman–Crippen LogP) is 0.737. The summed E-state index contributed by atoms with van der Waals surface area (Å²) in [6.07, 6.45) is 3.59. The third-order valence-electron chi connectivity index (χ3n) is 3.36. The molecule has 5 nitrogen and oxygen atoms in total. The average Bonchev–Trinajstić information content (AvgIpc) is 2.86. The Kier molecular flexibility index (Phi) is 3.79. The van der Waals surface area contributed by atoms with Crippen LogP contribution >= 0.6 is 15.9 Å². The summed E-state index contributed by atoms with van der Waals surface area (Å²) in [6.45, 7) is 5.07. The number of rotatable bonds is 3. The molecule has 6 heteroatoms. The summed E-state index contributed by atoms with van der Waals surface area (Å²) in [5, 5.41) is 0. The number of aromatic nitrogens is 2. The standard InChI is InChI=1S/C13H15BrN4O/c14-12-3-2-11(19-12)10-17-6-8-18(9-7-17)13-15-4-1-5-16-13/h1-5H,6-10H2/p+1. The van der Waals surface area contributed by atoms with Crippen molar-refractivity contribution in [1.82, 2.24) is 9.97 Å². The van der Waals surface area contributed by atoms with E-state index in [2.05, 4.69) is 30.8 Å². The third kappa shape index (κ3) is 3.13. The Morgan fingerprint density at radius 3 is 2.58 bits per heavy atom. The van der Waals surface area contributed by atoms with Crippen LogP contribution in [0.25, 0.3) is 0 Å². The van der Waals surface area contributed by atoms with Crippen molar-refractivity contribution < 1.29 is 9.32 Å². The highest BCUT2D eigenvalue weighted by molar-refractivity contribution is 9.10. The van der Waals surface area contributed by atoms with Gasteiger partial charge in [-0.05, 0) is 34.1 Å². The molecule has 0 radical (unpaired) electrons. The molecule has 1 aliphatic rings. The monoisotopic (exact) mass is 323 g/mol. The molecule has 0 aromatic carbocycles. The van der Waals surface area contributed by atoms with Crippen LogP contribution in [0.2, 0.25) is 0 Å². The molecule has 1 aliphatic heterocycles. The largest absolute Gasteiger partial charge is 0.448 e. The van der Waals surface area contributed by atoms with E-state index >= 15 is 0 Å². The van der Waals surface area contributed by atoms with Gasteiger partial charge in [-0.1, -0.05) is 0 Å². The van der Waals surface area contributed by atoms with Gasteiger partial charge in [0, 0.05) is 12.4 Å². The number of piperazine rings is 1. The quantitative estimate of drug-likeness (QED) is 0.905. The van der Waals surface area contributed by atoms with Gasteiger partial charge in [0.25, 0.3) is 0 Å². The zero-order valence-corrected chi connectivity index (χ0v) is 12.1. The van der Waals surface area contributed by atoms with E-state index in [1.165, 1.54) is 4.90 Å². The van der Waals surface area contributed by atoms with E-state index in [0.29, 0.717) is 0 Å². The van der Waals surface area contributed by atoms with Gasteiger partial charge in [0.1, 0.15) is 6.54 Å². The predicted molar refractivity (Wildman–Crippen MR) is 75.1 cm³/mol. The first-order chi connectivity index (χ1) is 9.31. The normalized spacial score (nSPS) is 16.8. The number of furan rings is 1. The van der Waals surface area contributed by atoms with E-state index in [1.807, 2.05) is 18.2 Å². The van der Waals surface area contributed by atoms with Crippen LogP contribution in [0.5, 0.6) is 0 Å². The highest BCUT2D eigenvalue weighted by Gasteiger charge is 2.22. The molecule has 1 fully saturated rings. The first kappa shape index (κ1) is 12.6. The van der Waals surface area contributed by atoms with Gasteiger partial charge in [-0.3, -0.25) is 0 Å². The molecule has 19 heavy (non-hydrogen) atoms. The van der Waals surface area contributed by atoms with Gasteiger partial charge >= 0.3 is 0 Å². The molecule has 0 amide bonds. The van der Waals surface area contributed by atoms with Gasteiger partial charge in [-0.25, -0.2) is 9.97 Å². The highest BCUT2D eigenvalue weighted by atomic mass is 79.9. The first-order valence-electron chi connectivity index (χ1n) is 6.41. The summed E-state index contributed by atoms with van der Waals surface area (Å²) >= 11 is 3.34. The molecule has 1 saturated heterocycles. The second-order valence-electron chi connectivity index (χ2n) is 4.67. The lowest BCUT2D eigenvalue weighted by molar-refractivity contribution is -0.915. The van der Waals surface area contributed by atoms with Crippen LogP contribution in [0.4, 0.5) is 5.95 Å². The van der Waals surface area contributed by atoms with E-state index in [-0.39, 0.29) is 0 Å². The number of anilines is 1. The second kappa shape index (κ2) is 5.71. The number of nitrogens with zero attached hydrogens (tertiary/aromatic N) is 3. The number of quaternary nitrogens is 1. The van der Waals surface area contributed by atoms with Gasteiger partial charge in [0.05, 0.1) is 26.2 Å². The van der Waals surface area contributed by atoms with Crippen molar-refractivity contribution in [2.24, 2.45) is 0 Å². The summed E-state index contributed by atoms with van der Waals surface area (Å²) in [7, 11) is 0. The molecule has 2 aromatic heterocycles. The Hall–Kier alpha value is -1.40. The molecule has 0 saturated carbocycles. The fourth-order valence-corrected chi connectivity index (χ4v) is 2.69. The van der Waals surface area contributed by atoms with Crippen LogP contribution in [-0.4, -0.2) is 36.1 Å². The Labute approximate surface area is 120 Å². The average molecular weight is 324 g/mol. The van der Waals surface area contributed by atoms with Crippen LogP contribution in [0, 0.1) is 0 Å². The van der Waals surface area contributed by atoms with Gasteiger partial charge in [0.15, 0.2) is 10.4 Å².